The van der Waals surface area contributed by atoms with Gasteiger partial charge in [-0.05, 0) is 54.0 Å². The maximum atomic E-state index is 13.1. The molecule has 2 aliphatic heterocycles. The lowest BCUT2D eigenvalue weighted by Gasteiger charge is -2.21. The van der Waals surface area contributed by atoms with Crippen molar-refractivity contribution in [1.82, 2.24) is 0 Å². The largest absolute Gasteiger partial charge is 0.488 e. The van der Waals surface area contributed by atoms with Crippen molar-refractivity contribution in [2.45, 2.75) is 20.1 Å². The number of hydrogen-bond acceptors (Lipinski definition) is 5. The van der Waals surface area contributed by atoms with Crippen molar-refractivity contribution < 1.29 is 23.7 Å². The topological polar surface area (TPSA) is 54.0 Å². The SMILES string of the molecule is Cc1c(OCc2cc(Cl)cc3c2OCOC3)ccc2c1O/C(=C\c1ccc(-c3ccccc3)cc1)C2=O. The van der Waals surface area contributed by atoms with E-state index in [1.54, 1.807) is 18.2 Å². The summed E-state index contributed by atoms with van der Waals surface area (Å²) in [6, 6.07) is 25.4. The zero-order valence-corrected chi connectivity index (χ0v) is 20.9. The van der Waals surface area contributed by atoms with Crippen LogP contribution in [0.4, 0.5) is 0 Å². The van der Waals surface area contributed by atoms with Gasteiger partial charge >= 0.3 is 0 Å². The molecule has 2 heterocycles. The first-order chi connectivity index (χ1) is 18.1. The molecule has 0 amide bonds. The number of Topliss-reactive ketones (excluding diaryl/α,β-unsaturated/α-hetero) is 1. The molecule has 0 bridgehead atoms. The Bertz CT molecular complexity index is 1520. The first-order valence-corrected chi connectivity index (χ1v) is 12.3. The number of halogens is 1. The number of rotatable bonds is 5. The molecule has 0 spiro atoms. The fourth-order valence-corrected chi connectivity index (χ4v) is 4.86. The summed E-state index contributed by atoms with van der Waals surface area (Å²) in [7, 11) is 0. The third kappa shape index (κ3) is 4.59. The highest BCUT2D eigenvalue weighted by atomic mass is 35.5. The van der Waals surface area contributed by atoms with Crippen LogP contribution in [0.5, 0.6) is 17.2 Å². The minimum Gasteiger partial charge on any atom is -0.488 e. The Hall–Kier alpha value is -4.06. The number of ether oxygens (including phenoxy) is 4. The summed E-state index contributed by atoms with van der Waals surface area (Å²) in [5.74, 6) is 2.03. The molecule has 0 fully saturated rings. The van der Waals surface area contributed by atoms with Crippen LogP contribution in [0, 0.1) is 6.92 Å². The van der Waals surface area contributed by atoms with Gasteiger partial charge in [0.2, 0.25) is 5.78 Å². The lowest BCUT2D eigenvalue weighted by Crippen LogP contribution is -2.14. The molecule has 2 aliphatic rings. The van der Waals surface area contributed by atoms with Crippen LogP contribution in [0.2, 0.25) is 5.02 Å². The fraction of sp³-hybridized carbons (Fsp3) is 0.129. The Balaban J connectivity index is 1.21. The van der Waals surface area contributed by atoms with Crippen molar-refractivity contribution in [2.24, 2.45) is 0 Å². The minimum atomic E-state index is -0.144. The molecule has 0 aromatic heterocycles. The molecular weight excluding hydrogens is 488 g/mol. The minimum absolute atomic E-state index is 0.144. The van der Waals surface area contributed by atoms with E-state index < -0.39 is 0 Å². The molecule has 37 heavy (non-hydrogen) atoms. The molecule has 0 saturated carbocycles. The first-order valence-electron chi connectivity index (χ1n) is 11.9. The summed E-state index contributed by atoms with van der Waals surface area (Å²) < 4.78 is 23.2. The monoisotopic (exact) mass is 510 g/mol. The average molecular weight is 511 g/mol. The van der Waals surface area contributed by atoms with Crippen molar-refractivity contribution in [3.63, 3.8) is 0 Å². The van der Waals surface area contributed by atoms with Crippen molar-refractivity contribution >= 4 is 23.5 Å². The summed E-state index contributed by atoms with van der Waals surface area (Å²) in [5.41, 5.74) is 6.15. The van der Waals surface area contributed by atoms with Crippen LogP contribution in [-0.2, 0) is 18.0 Å². The number of carbonyl (C=O) groups is 1. The van der Waals surface area contributed by atoms with Crippen LogP contribution in [0.25, 0.3) is 17.2 Å². The van der Waals surface area contributed by atoms with Gasteiger partial charge in [0.05, 0.1) is 12.2 Å². The zero-order valence-electron chi connectivity index (χ0n) is 20.1. The predicted octanol–water partition coefficient (Wildman–Crippen LogP) is 7.38. The van der Waals surface area contributed by atoms with E-state index in [0.717, 1.165) is 39.1 Å². The number of hydrogen-bond donors (Lipinski definition) is 0. The van der Waals surface area contributed by atoms with Gasteiger partial charge in [0.25, 0.3) is 0 Å². The Kier molecular flexibility index (Phi) is 6.16. The van der Waals surface area contributed by atoms with Crippen LogP contribution in [-0.4, -0.2) is 12.6 Å². The average Bonchev–Trinajstić information content (AvgIpc) is 3.24. The van der Waals surface area contributed by atoms with Crippen LogP contribution in [0.15, 0.2) is 84.6 Å². The standard InChI is InChI=1S/C31H23ClO5/c1-19-27(35-17-24-15-25(32)14-23-16-34-18-36-31(23)24)12-11-26-29(33)28(37-30(19)26)13-20-7-9-22(10-8-20)21-5-3-2-4-6-21/h2-15H,16-18H2,1H3/b28-13-. The van der Waals surface area contributed by atoms with Gasteiger partial charge in [-0.1, -0.05) is 66.2 Å². The highest BCUT2D eigenvalue weighted by Gasteiger charge is 2.30. The molecule has 184 valence electrons. The van der Waals surface area contributed by atoms with E-state index in [1.807, 2.05) is 61.5 Å². The van der Waals surface area contributed by atoms with Crippen molar-refractivity contribution in [3.8, 4) is 28.4 Å². The number of fused-ring (bicyclic) bond motifs is 2. The van der Waals surface area contributed by atoms with Gasteiger partial charge in [-0.25, -0.2) is 0 Å². The van der Waals surface area contributed by atoms with Crippen LogP contribution in [0.3, 0.4) is 0 Å². The second-order valence-electron chi connectivity index (χ2n) is 8.95. The Morgan fingerprint density at radius 3 is 2.54 bits per heavy atom. The van der Waals surface area contributed by atoms with Gasteiger partial charge in [0.15, 0.2) is 12.6 Å². The summed E-state index contributed by atoms with van der Waals surface area (Å²) in [6.07, 6.45) is 1.77. The van der Waals surface area contributed by atoms with Gasteiger partial charge in [-0.2, -0.15) is 0 Å². The van der Waals surface area contributed by atoms with E-state index in [1.165, 1.54) is 0 Å². The molecule has 4 aromatic rings. The van der Waals surface area contributed by atoms with Gasteiger partial charge in [0.1, 0.15) is 23.9 Å². The summed E-state index contributed by atoms with van der Waals surface area (Å²) in [4.78, 5) is 13.1. The Morgan fingerprint density at radius 2 is 1.73 bits per heavy atom. The van der Waals surface area contributed by atoms with Crippen molar-refractivity contribution in [2.75, 3.05) is 6.79 Å². The highest BCUT2D eigenvalue weighted by Crippen LogP contribution is 2.40. The van der Waals surface area contributed by atoms with E-state index in [4.69, 9.17) is 30.5 Å². The number of benzene rings is 4. The Morgan fingerprint density at radius 1 is 0.946 bits per heavy atom. The number of ketones is 1. The van der Waals surface area contributed by atoms with Crippen LogP contribution < -0.4 is 14.2 Å². The number of carbonyl (C=O) groups excluding carboxylic acids is 1. The van der Waals surface area contributed by atoms with E-state index >= 15 is 0 Å². The van der Waals surface area contributed by atoms with Crippen molar-refractivity contribution in [1.29, 1.82) is 0 Å². The van der Waals surface area contributed by atoms with Gasteiger partial charge in [0, 0.05) is 21.7 Å². The molecule has 0 radical (unpaired) electrons. The normalized spacial score (nSPS) is 15.1. The van der Waals surface area contributed by atoms with Crippen LogP contribution >= 0.6 is 11.6 Å². The third-order valence-corrected chi connectivity index (χ3v) is 6.71. The van der Waals surface area contributed by atoms with E-state index in [0.29, 0.717) is 34.5 Å². The lowest BCUT2D eigenvalue weighted by atomic mass is 10.0. The van der Waals surface area contributed by atoms with Crippen molar-refractivity contribution in [3.05, 3.63) is 117 Å². The second kappa shape index (κ2) is 9.77. The lowest BCUT2D eigenvalue weighted by molar-refractivity contribution is -0.0175. The van der Waals surface area contributed by atoms with Gasteiger partial charge in [-0.15, -0.1) is 0 Å². The molecule has 6 heteroatoms. The fourth-order valence-electron chi connectivity index (χ4n) is 4.60. The summed E-state index contributed by atoms with van der Waals surface area (Å²) in [5, 5.41) is 0.595. The zero-order chi connectivity index (χ0) is 25.4. The quantitative estimate of drug-likeness (QED) is 0.262. The van der Waals surface area contributed by atoms with E-state index in [-0.39, 0.29) is 19.2 Å². The predicted molar refractivity (Wildman–Crippen MR) is 142 cm³/mol. The van der Waals surface area contributed by atoms with Gasteiger partial charge in [-0.3, -0.25) is 4.79 Å². The molecule has 0 unspecified atom stereocenters. The molecule has 0 saturated heterocycles. The maximum Gasteiger partial charge on any atom is 0.231 e. The molecule has 0 N–H and O–H groups in total. The second-order valence-corrected chi connectivity index (χ2v) is 9.38. The summed E-state index contributed by atoms with van der Waals surface area (Å²) >= 11 is 6.28. The highest BCUT2D eigenvalue weighted by molar-refractivity contribution is 6.30. The van der Waals surface area contributed by atoms with E-state index in [9.17, 15) is 4.79 Å². The third-order valence-electron chi connectivity index (χ3n) is 6.49. The van der Waals surface area contributed by atoms with Crippen LogP contribution in [0.1, 0.15) is 32.6 Å². The molecule has 0 atom stereocenters. The first kappa shape index (κ1) is 23.3. The number of allylic oxidation sites excluding steroid dienone is 1. The molecule has 0 aliphatic carbocycles. The maximum absolute atomic E-state index is 13.1. The molecule has 4 aromatic carbocycles. The molecule has 5 nitrogen and oxygen atoms in total. The van der Waals surface area contributed by atoms with E-state index in [2.05, 4.69) is 12.1 Å². The Labute approximate surface area is 219 Å². The molecule has 6 rings (SSSR count). The summed E-state index contributed by atoms with van der Waals surface area (Å²) in [6.45, 7) is 2.78. The van der Waals surface area contributed by atoms with Gasteiger partial charge < -0.3 is 18.9 Å². The smallest absolute Gasteiger partial charge is 0.231 e. The molecular formula is C31H23ClO5.